The second-order valence-electron chi connectivity index (χ2n) is 5.57. The van der Waals surface area contributed by atoms with Crippen LogP contribution in [0.5, 0.6) is 5.75 Å². The Balaban J connectivity index is 2.35. The van der Waals surface area contributed by atoms with Gasteiger partial charge in [-0.2, -0.15) is 0 Å². The van der Waals surface area contributed by atoms with Crippen molar-refractivity contribution in [3.63, 3.8) is 0 Å². The molecule has 1 fully saturated rings. The number of quaternary nitrogens is 1. The first-order chi connectivity index (χ1) is 8.08. The Bertz CT molecular complexity index is 390. The van der Waals surface area contributed by atoms with E-state index in [2.05, 4.69) is 39.1 Å². The molecule has 1 aromatic rings. The van der Waals surface area contributed by atoms with Crippen LogP contribution in [0.1, 0.15) is 32.3 Å². The number of ether oxygens (including phenoxy) is 1. The summed E-state index contributed by atoms with van der Waals surface area (Å²) in [5.74, 6) is 0.971. The largest absolute Gasteiger partial charge is 0.497 e. The molecule has 0 bridgehead atoms. The van der Waals surface area contributed by atoms with Crippen molar-refractivity contribution in [1.29, 1.82) is 0 Å². The molecule has 1 saturated heterocycles. The number of hydrogen-bond donors (Lipinski definition) is 1. The van der Waals surface area contributed by atoms with Crippen molar-refractivity contribution < 1.29 is 9.64 Å². The zero-order chi connectivity index (χ0) is 12.5. The lowest BCUT2D eigenvalue weighted by Crippen LogP contribution is -3.15. The number of likely N-dealkylation sites (tertiary alicyclic amines) is 1. The van der Waals surface area contributed by atoms with Crippen LogP contribution in [-0.4, -0.2) is 26.7 Å². The molecule has 0 saturated carbocycles. The minimum absolute atomic E-state index is 0.275. The van der Waals surface area contributed by atoms with E-state index in [1.54, 1.807) is 12.0 Å². The minimum atomic E-state index is 0.275. The van der Waals surface area contributed by atoms with Crippen LogP contribution in [0.4, 0.5) is 0 Å². The highest BCUT2D eigenvalue weighted by Gasteiger charge is 2.41. The molecule has 0 spiro atoms. The van der Waals surface area contributed by atoms with E-state index in [-0.39, 0.29) is 5.41 Å². The van der Waals surface area contributed by atoms with Crippen LogP contribution in [0, 0.1) is 0 Å². The van der Waals surface area contributed by atoms with E-state index in [0.29, 0.717) is 6.04 Å². The SMILES string of the molecule is COc1cccc([C@@]2(C)CCC[NH+](C)[C@H]2C)c1. The molecule has 2 heteroatoms. The van der Waals surface area contributed by atoms with Gasteiger partial charge in [0, 0.05) is 5.41 Å². The third-order valence-electron chi connectivity index (χ3n) is 4.69. The molecule has 0 amide bonds. The number of rotatable bonds is 2. The predicted octanol–water partition coefficient (Wildman–Crippen LogP) is 1.65. The average molecular weight is 234 g/mol. The van der Waals surface area contributed by atoms with Crippen LogP contribution >= 0.6 is 0 Å². The lowest BCUT2D eigenvalue weighted by Gasteiger charge is -2.43. The third kappa shape index (κ3) is 2.19. The Morgan fingerprint density at radius 2 is 2.18 bits per heavy atom. The van der Waals surface area contributed by atoms with Gasteiger partial charge in [-0.05, 0) is 44.4 Å². The van der Waals surface area contributed by atoms with Crippen molar-refractivity contribution in [2.24, 2.45) is 0 Å². The van der Waals surface area contributed by atoms with Gasteiger partial charge < -0.3 is 9.64 Å². The molecule has 1 unspecified atom stereocenters. The smallest absolute Gasteiger partial charge is 0.119 e. The summed E-state index contributed by atoms with van der Waals surface area (Å²) in [6.45, 7) is 6.06. The Labute approximate surface area is 105 Å². The maximum absolute atomic E-state index is 5.35. The molecule has 1 N–H and O–H groups in total. The maximum Gasteiger partial charge on any atom is 0.119 e. The van der Waals surface area contributed by atoms with E-state index in [1.165, 1.54) is 24.9 Å². The van der Waals surface area contributed by atoms with Gasteiger partial charge in [0.25, 0.3) is 0 Å². The number of benzene rings is 1. The van der Waals surface area contributed by atoms with E-state index in [4.69, 9.17) is 4.74 Å². The van der Waals surface area contributed by atoms with Crippen LogP contribution in [-0.2, 0) is 5.41 Å². The second-order valence-corrected chi connectivity index (χ2v) is 5.57. The van der Waals surface area contributed by atoms with Gasteiger partial charge in [0.1, 0.15) is 5.75 Å². The van der Waals surface area contributed by atoms with E-state index < -0.39 is 0 Å². The molecule has 0 aliphatic carbocycles. The highest BCUT2D eigenvalue weighted by Crippen LogP contribution is 2.34. The van der Waals surface area contributed by atoms with E-state index in [0.717, 1.165) is 5.75 Å². The van der Waals surface area contributed by atoms with E-state index in [1.807, 2.05) is 6.07 Å². The van der Waals surface area contributed by atoms with Crippen LogP contribution in [0.25, 0.3) is 0 Å². The van der Waals surface area contributed by atoms with Crippen LogP contribution in [0.3, 0.4) is 0 Å². The van der Waals surface area contributed by atoms with Crippen molar-refractivity contribution in [1.82, 2.24) is 0 Å². The van der Waals surface area contributed by atoms with Gasteiger partial charge in [-0.1, -0.05) is 12.1 Å². The van der Waals surface area contributed by atoms with Gasteiger partial charge in [-0.15, -0.1) is 0 Å². The summed E-state index contributed by atoms with van der Waals surface area (Å²) in [5, 5.41) is 0. The van der Waals surface area contributed by atoms with Gasteiger partial charge in [-0.3, -0.25) is 0 Å². The molecule has 3 atom stereocenters. The molecule has 17 heavy (non-hydrogen) atoms. The molecule has 0 aromatic heterocycles. The van der Waals surface area contributed by atoms with Gasteiger partial charge in [0.15, 0.2) is 0 Å². The topological polar surface area (TPSA) is 13.7 Å². The number of likely N-dealkylation sites (N-methyl/N-ethyl adjacent to an activating group) is 1. The Hall–Kier alpha value is -1.02. The third-order valence-corrected chi connectivity index (χ3v) is 4.69. The van der Waals surface area contributed by atoms with Crippen molar-refractivity contribution in [2.45, 2.75) is 38.1 Å². The van der Waals surface area contributed by atoms with Gasteiger partial charge in [-0.25, -0.2) is 0 Å². The first-order valence-electron chi connectivity index (χ1n) is 6.55. The fraction of sp³-hybridized carbons (Fsp3) is 0.600. The summed E-state index contributed by atoms with van der Waals surface area (Å²) in [6, 6.07) is 9.24. The average Bonchev–Trinajstić information content (AvgIpc) is 2.36. The number of methoxy groups -OCH3 is 1. The number of nitrogens with one attached hydrogen (secondary N) is 1. The van der Waals surface area contributed by atoms with Crippen LogP contribution < -0.4 is 9.64 Å². The Kier molecular flexibility index (Phi) is 3.43. The molecule has 1 heterocycles. The lowest BCUT2D eigenvalue weighted by molar-refractivity contribution is -0.914. The summed E-state index contributed by atoms with van der Waals surface area (Å²) in [4.78, 5) is 1.64. The van der Waals surface area contributed by atoms with Crippen molar-refractivity contribution in [3.8, 4) is 5.75 Å². The molecular formula is C15H24NO+. The fourth-order valence-electron chi connectivity index (χ4n) is 3.08. The highest BCUT2D eigenvalue weighted by atomic mass is 16.5. The van der Waals surface area contributed by atoms with Crippen LogP contribution in [0.15, 0.2) is 24.3 Å². The molecule has 1 aromatic carbocycles. The first kappa shape index (κ1) is 12.4. The quantitative estimate of drug-likeness (QED) is 0.821. The first-order valence-corrected chi connectivity index (χ1v) is 6.55. The van der Waals surface area contributed by atoms with Gasteiger partial charge in [0.2, 0.25) is 0 Å². The molecule has 2 rings (SSSR count). The van der Waals surface area contributed by atoms with Gasteiger partial charge >= 0.3 is 0 Å². The van der Waals surface area contributed by atoms with Crippen molar-refractivity contribution in [2.75, 3.05) is 20.7 Å². The molecular weight excluding hydrogens is 210 g/mol. The number of piperidine rings is 1. The summed E-state index contributed by atoms with van der Waals surface area (Å²) in [6.07, 6.45) is 2.59. The minimum Gasteiger partial charge on any atom is -0.497 e. The molecule has 1 aliphatic rings. The van der Waals surface area contributed by atoms with E-state index in [9.17, 15) is 0 Å². The molecule has 1 aliphatic heterocycles. The summed E-state index contributed by atoms with van der Waals surface area (Å²) >= 11 is 0. The summed E-state index contributed by atoms with van der Waals surface area (Å²) in [5.41, 5.74) is 1.69. The monoisotopic (exact) mass is 234 g/mol. The summed E-state index contributed by atoms with van der Waals surface area (Å²) in [7, 11) is 4.05. The zero-order valence-electron chi connectivity index (χ0n) is 11.4. The maximum atomic E-state index is 5.35. The molecule has 94 valence electrons. The predicted molar refractivity (Wildman–Crippen MR) is 70.8 cm³/mol. The number of hydrogen-bond acceptors (Lipinski definition) is 1. The van der Waals surface area contributed by atoms with E-state index >= 15 is 0 Å². The lowest BCUT2D eigenvalue weighted by atomic mass is 9.70. The zero-order valence-corrected chi connectivity index (χ0v) is 11.4. The van der Waals surface area contributed by atoms with Crippen LogP contribution in [0.2, 0.25) is 0 Å². The summed E-state index contributed by atoms with van der Waals surface area (Å²) < 4.78 is 5.35. The molecule has 2 nitrogen and oxygen atoms in total. The molecule has 0 radical (unpaired) electrons. The Morgan fingerprint density at radius 1 is 1.41 bits per heavy atom. The van der Waals surface area contributed by atoms with Crippen molar-refractivity contribution >= 4 is 0 Å². The Morgan fingerprint density at radius 3 is 2.88 bits per heavy atom. The highest BCUT2D eigenvalue weighted by molar-refractivity contribution is 5.34. The standard InChI is InChI=1S/C15H23NO/c1-12-15(2,9-6-10-16(12)3)13-7-5-8-14(11-13)17-4/h5,7-8,11-12H,6,9-10H2,1-4H3/p+1/t12-,15-/m0/s1. The van der Waals surface area contributed by atoms with Gasteiger partial charge in [0.05, 0.1) is 26.7 Å². The normalized spacial score (nSPS) is 33.4. The second kappa shape index (κ2) is 4.69. The fourth-order valence-corrected chi connectivity index (χ4v) is 3.08. The van der Waals surface area contributed by atoms with Crippen molar-refractivity contribution in [3.05, 3.63) is 29.8 Å².